The molecule has 0 unspecified atom stereocenters. The lowest BCUT2D eigenvalue weighted by Crippen LogP contribution is -2.17. The number of anilines is 1. The highest BCUT2D eigenvalue weighted by Gasteiger charge is 2.27. The summed E-state index contributed by atoms with van der Waals surface area (Å²) in [5.41, 5.74) is 3.73. The van der Waals surface area contributed by atoms with E-state index in [1.54, 1.807) is 6.92 Å². The summed E-state index contributed by atoms with van der Waals surface area (Å²) in [7, 11) is 1.89. The van der Waals surface area contributed by atoms with E-state index in [2.05, 4.69) is 15.5 Å². The van der Waals surface area contributed by atoms with Crippen molar-refractivity contribution in [2.75, 3.05) is 17.7 Å². The zero-order valence-electron chi connectivity index (χ0n) is 18.4. The SMILES string of the molecule is CCOC(=O)c1c(NC(=O)CSc2nnc(-c3ccc(C)cc3)n2C)sc2c1CCCC2. The number of fused-ring (bicyclic) bond motifs is 1. The van der Waals surface area contributed by atoms with Crippen LogP contribution in [0.4, 0.5) is 5.00 Å². The van der Waals surface area contributed by atoms with Crippen molar-refractivity contribution in [2.24, 2.45) is 7.05 Å². The number of carbonyl (C=O) groups is 2. The average molecular weight is 471 g/mol. The van der Waals surface area contributed by atoms with E-state index in [9.17, 15) is 9.59 Å². The zero-order chi connectivity index (χ0) is 22.7. The number of thiophene rings is 1. The summed E-state index contributed by atoms with van der Waals surface area (Å²) in [6, 6.07) is 8.09. The summed E-state index contributed by atoms with van der Waals surface area (Å²) in [5, 5.41) is 12.7. The van der Waals surface area contributed by atoms with Gasteiger partial charge in [-0.3, -0.25) is 4.79 Å². The zero-order valence-corrected chi connectivity index (χ0v) is 20.1. The van der Waals surface area contributed by atoms with Crippen molar-refractivity contribution in [3.8, 4) is 11.4 Å². The molecule has 0 saturated heterocycles. The first kappa shape index (κ1) is 22.5. The van der Waals surface area contributed by atoms with Crippen molar-refractivity contribution in [3.05, 3.63) is 45.8 Å². The largest absolute Gasteiger partial charge is 0.462 e. The van der Waals surface area contributed by atoms with E-state index in [-0.39, 0.29) is 17.6 Å². The van der Waals surface area contributed by atoms with Crippen LogP contribution in [0.5, 0.6) is 0 Å². The molecule has 7 nitrogen and oxygen atoms in total. The summed E-state index contributed by atoms with van der Waals surface area (Å²) in [4.78, 5) is 26.5. The van der Waals surface area contributed by atoms with Crippen LogP contribution in [0, 0.1) is 6.92 Å². The number of rotatable bonds is 7. The molecule has 1 aliphatic rings. The minimum atomic E-state index is -0.356. The number of carbonyl (C=O) groups excluding carboxylic acids is 2. The van der Waals surface area contributed by atoms with Crippen molar-refractivity contribution in [1.29, 1.82) is 0 Å². The summed E-state index contributed by atoms with van der Waals surface area (Å²) >= 11 is 2.81. The summed E-state index contributed by atoms with van der Waals surface area (Å²) in [5.74, 6) is 0.387. The number of ether oxygens (including phenoxy) is 1. The number of esters is 1. The molecule has 0 bridgehead atoms. The first-order chi connectivity index (χ1) is 15.5. The fourth-order valence-corrected chi connectivity index (χ4v) is 5.77. The van der Waals surface area contributed by atoms with Gasteiger partial charge >= 0.3 is 5.97 Å². The second kappa shape index (κ2) is 9.87. The average Bonchev–Trinajstić information content (AvgIpc) is 3.33. The number of amides is 1. The smallest absolute Gasteiger partial charge is 0.341 e. The van der Waals surface area contributed by atoms with Crippen LogP contribution in [0.3, 0.4) is 0 Å². The van der Waals surface area contributed by atoms with Gasteiger partial charge in [-0.05, 0) is 45.1 Å². The molecule has 9 heteroatoms. The van der Waals surface area contributed by atoms with E-state index in [1.807, 2.05) is 42.8 Å². The van der Waals surface area contributed by atoms with E-state index >= 15 is 0 Å². The van der Waals surface area contributed by atoms with Crippen molar-refractivity contribution in [3.63, 3.8) is 0 Å². The normalized spacial score (nSPS) is 13.0. The monoisotopic (exact) mass is 470 g/mol. The van der Waals surface area contributed by atoms with Gasteiger partial charge in [-0.15, -0.1) is 21.5 Å². The Labute approximate surface area is 195 Å². The molecule has 0 radical (unpaired) electrons. The van der Waals surface area contributed by atoms with Gasteiger partial charge < -0.3 is 14.6 Å². The number of nitrogens with one attached hydrogen (secondary N) is 1. The lowest BCUT2D eigenvalue weighted by Gasteiger charge is -2.12. The maximum absolute atomic E-state index is 12.7. The lowest BCUT2D eigenvalue weighted by atomic mass is 9.95. The Balaban J connectivity index is 1.45. The maximum atomic E-state index is 12.7. The van der Waals surface area contributed by atoms with Gasteiger partial charge in [0.25, 0.3) is 0 Å². The molecule has 168 valence electrons. The Morgan fingerprint density at radius 1 is 1.19 bits per heavy atom. The third-order valence-corrected chi connectivity index (χ3v) is 7.61. The number of hydrogen-bond acceptors (Lipinski definition) is 7. The maximum Gasteiger partial charge on any atom is 0.341 e. The molecule has 0 atom stereocenters. The van der Waals surface area contributed by atoms with Crippen LogP contribution in [-0.4, -0.2) is 39.0 Å². The number of aryl methyl sites for hydroxylation is 2. The molecular weight excluding hydrogens is 444 g/mol. The van der Waals surface area contributed by atoms with Crippen LogP contribution < -0.4 is 5.32 Å². The molecule has 0 aliphatic heterocycles. The fourth-order valence-electron chi connectivity index (χ4n) is 3.76. The van der Waals surface area contributed by atoms with Crippen molar-refractivity contribution in [2.45, 2.75) is 44.7 Å². The van der Waals surface area contributed by atoms with Gasteiger partial charge in [0.1, 0.15) is 5.00 Å². The molecule has 1 aliphatic carbocycles. The van der Waals surface area contributed by atoms with Gasteiger partial charge in [0.15, 0.2) is 11.0 Å². The number of hydrogen-bond donors (Lipinski definition) is 1. The molecule has 0 saturated carbocycles. The van der Waals surface area contributed by atoms with Crippen molar-refractivity contribution >= 4 is 40.0 Å². The molecule has 2 aromatic heterocycles. The van der Waals surface area contributed by atoms with Crippen LogP contribution in [0.25, 0.3) is 11.4 Å². The highest BCUT2D eigenvalue weighted by molar-refractivity contribution is 7.99. The van der Waals surface area contributed by atoms with Gasteiger partial charge in [0.05, 0.1) is 17.9 Å². The molecule has 4 rings (SSSR count). The molecule has 0 fully saturated rings. The summed E-state index contributed by atoms with van der Waals surface area (Å²) in [6.07, 6.45) is 3.95. The van der Waals surface area contributed by atoms with Crippen LogP contribution in [0.2, 0.25) is 0 Å². The molecule has 1 aromatic carbocycles. The lowest BCUT2D eigenvalue weighted by molar-refractivity contribution is -0.113. The minimum absolute atomic E-state index is 0.171. The third-order valence-electron chi connectivity index (χ3n) is 5.38. The second-order valence-electron chi connectivity index (χ2n) is 7.70. The molecular formula is C23H26N4O3S2. The van der Waals surface area contributed by atoms with E-state index in [0.29, 0.717) is 22.3 Å². The Kier molecular flexibility index (Phi) is 6.95. The van der Waals surface area contributed by atoms with Gasteiger partial charge in [-0.2, -0.15) is 0 Å². The molecule has 3 aromatic rings. The summed E-state index contributed by atoms with van der Waals surface area (Å²) in [6.45, 7) is 4.14. The number of benzene rings is 1. The van der Waals surface area contributed by atoms with Crippen LogP contribution >= 0.6 is 23.1 Å². The second-order valence-corrected chi connectivity index (χ2v) is 9.75. The topological polar surface area (TPSA) is 86.1 Å². The fraction of sp³-hybridized carbons (Fsp3) is 0.391. The highest BCUT2D eigenvalue weighted by atomic mass is 32.2. The standard InChI is InChI=1S/C23H26N4O3S2/c1-4-30-22(29)19-16-7-5-6-8-17(16)32-21(19)24-18(28)13-31-23-26-25-20(27(23)3)15-11-9-14(2)10-12-15/h9-12H,4-8,13H2,1-3H3,(H,24,28). The van der Waals surface area contributed by atoms with Crippen molar-refractivity contribution < 1.29 is 14.3 Å². The summed E-state index contributed by atoms with van der Waals surface area (Å²) < 4.78 is 7.15. The first-order valence-corrected chi connectivity index (χ1v) is 12.5. The van der Waals surface area contributed by atoms with Gasteiger partial charge in [-0.1, -0.05) is 41.6 Å². The van der Waals surface area contributed by atoms with Crippen LogP contribution in [0.1, 0.15) is 46.1 Å². The Bertz CT molecular complexity index is 1140. The van der Waals surface area contributed by atoms with E-state index in [4.69, 9.17) is 4.74 Å². The van der Waals surface area contributed by atoms with Crippen LogP contribution in [-0.2, 0) is 29.4 Å². The Morgan fingerprint density at radius 2 is 1.94 bits per heavy atom. The highest BCUT2D eigenvalue weighted by Crippen LogP contribution is 2.38. The predicted octanol–water partition coefficient (Wildman–Crippen LogP) is 4.64. The Hall–Kier alpha value is -2.65. The molecule has 32 heavy (non-hydrogen) atoms. The molecule has 1 amide bonds. The molecule has 0 spiro atoms. The van der Waals surface area contributed by atoms with Crippen LogP contribution in [0.15, 0.2) is 29.4 Å². The first-order valence-electron chi connectivity index (χ1n) is 10.7. The molecule has 1 N–H and O–H groups in total. The van der Waals surface area contributed by atoms with Gasteiger partial charge in [0.2, 0.25) is 5.91 Å². The van der Waals surface area contributed by atoms with Gasteiger partial charge in [-0.25, -0.2) is 4.79 Å². The van der Waals surface area contributed by atoms with E-state index < -0.39 is 0 Å². The van der Waals surface area contributed by atoms with E-state index in [0.717, 1.165) is 42.6 Å². The number of aromatic nitrogens is 3. The number of thioether (sulfide) groups is 1. The minimum Gasteiger partial charge on any atom is -0.462 e. The quantitative estimate of drug-likeness (QED) is 0.400. The van der Waals surface area contributed by atoms with Crippen molar-refractivity contribution in [1.82, 2.24) is 14.8 Å². The van der Waals surface area contributed by atoms with E-state index in [1.165, 1.54) is 33.5 Å². The van der Waals surface area contributed by atoms with Gasteiger partial charge in [0, 0.05) is 17.5 Å². The number of nitrogens with zero attached hydrogens (tertiary/aromatic N) is 3. The predicted molar refractivity (Wildman–Crippen MR) is 127 cm³/mol. The molecule has 2 heterocycles. The third kappa shape index (κ3) is 4.73. The Morgan fingerprint density at radius 3 is 2.69 bits per heavy atom.